The number of nitrogens with zero attached hydrogens (tertiary/aromatic N) is 5. The Bertz CT molecular complexity index is 792. The van der Waals surface area contributed by atoms with Crippen molar-refractivity contribution in [1.82, 2.24) is 19.7 Å². The number of aliphatic imine (C=N–C) groups is 1. The molecule has 1 fully saturated rings. The molecular formula is C17H22ClN7S. The molecule has 2 heterocycles. The van der Waals surface area contributed by atoms with Gasteiger partial charge in [0.1, 0.15) is 6.33 Å². The van der Waals surface area contributed by atoms with Crippen LogP contribution in [0.4, 0.5) is 5.95 Å². The van der Waals surface area contributed by atoms with Crippen LogP contribution in [0.2, 0.25) is 5.02 Å². The molecule has 0 aliphatic carbocycles. The molecule has 26 heavy (non-hydrogen) atoms. The smallest absolute Gasteiger partial charge is 0.242 e. The van der Waals surface area contributed by atoms with Gasteiger partial charge < -0.3 is 16.0 Å². The van der Waals surface area contributed by atoms with Crippen LogP contribution in [-0.2, 0) is 6.54 Å². The van der Waals surface area contributed by atoms with E-state index in [9.17, 15) is 0 Å². The summed E-state index contributed by atoms with van der Waals surface area (Å²) in [7, 11) is 0. The fraction of sp³-hybridized carbons (Fsp3) is 0.412. The van der Waals surface area contributed by atoms with Crippen LogP contribution in [0.25, 0.3) is 0 Å². The molecule has 9 heteroatoms. The second kappa shape index (κ2) is 8.46. The summed E-state index contributed by atoms with van der Waals surface area (Å²) >= 11 is 11.5. The van der Waals surface area contributed by atoms with Crippen LogP contribution in [0.15, 0.2) is 35.6 Å². The van der Waals surface area contributed by atoms with Gasteiger partial charge in [-0.3, -0.25) is 0 Å². The summed E-state index contributed by atoms with van der Waals surface area (Å²) in [5, 5.41) is 9.18. The number of amidine groups is 1. The van der Waals surface area contributed by atoms with Crippen LogP contribution in [-0.4, -0.2) is 49.7 Å². The van der Waals surface area contributed by atoms with Gasteiger partial charge in [0.25, 0.3) is 0 Å². The van der Waals surface area contributed by atoms with E-state index in [2.05, 4.69) is 25.3 Å². The van der Waals surface area contributed by atoms with Gasteiger partial charge in [0.2, 0.25) is 5.95 Å². The van der Waals surface area contributed by atoms with Crippen LogP contribution < -0.4 is 11.1 Å². The van der Waals surface area contributed by atoms with E-state index >= 15 is 0 Å². The Morgan fingerprint density at radius 2 is 2.12 bits per heavy atom. The molecule has 3 N–H and O–H groups in total. The fourth-order valence-corrected chi connectivity index (χ4v) is 3.38. The third-order valence-corrected chi connectivity index (χ3v) is 4.92. The third kappa shape index (κ3) is 4.92. The lowest BCUT2D eigenvalue weighted by molar-refractivity contribution is 0.325. The Balaban J connectivity index is 1.52. The predicted molar refractivity (Wildman–Crippen MR) is 109 cm³/mol. The average Bonchev–Trinajstić information content (AvgIpc) is 3.04. The van der Waals surface area contributed by atoms with Gasteiger partial charge in [-0.1, -0.05) is 29.8 Å². The van der Waals surface area contributed by atoms with Crippen molar-refractivity contribution in [3.05, 3.63) is 41.2 Å². The molecule has 7 nitrogen and oxygen atoms in total. The average molecular weight is 392 g/mol. The predicted octanol–water partition coefficient (Wildman–Crippen LogP) is 2.52. The van der Waals surface area contributed by atoms with Gasteiger partial charge in [0, 0.05) is 24.2 Å². The maximum Gasteiger partial charge on any atom is 0.242 e. The number of aromatic nitrogens is 3. The topological polar surface area (TPSA) is 84.4 Å². The third-order valence-electron chi connectivity index (χ3n) is 4.20. The first kappa shape index (κ1) is 18.6. The molecule has 0 atom stereocenters. The van der Waals surface area contributed by atoms with Crippen molar-refractivity contribution in [2.24, 2.45) is 10.7 Å². The minimum Gasteiger partial charge on any atom is -0.387 e. The Morgan fingerprint density at radius 1 is 1.38 bits per heavy atom. The molecule has 0 bridgehead atoms. The molecular weight excluding hydrogens is 370 g/mol. The minimum atomic E-state index is 0.313. The lowest BCUT2D eigenvalue weighted by atomic mass is 10.1. The summed E-state index contributed by atoms with van der Waals surface area (Å²) < 4.78 is 1.78. The summed E-state index contributed by atoms with van der Waals surface area (Å²) in [6, 6.07) is 8.06. The van der Waals surface area contributed by atoms with Crippen LogP contribution in [0.5, 0.6) is 0 Å². The lowest BCUT2D eigenvalue weighted by Gasteiger charge is -2.32. The van der Waals surface area contributed by atoms with Gasteiger partial charge in [0.15, 0.2) is 5.11 Å². The number of nitrogens with two attached hydrogens (primary N) is 1. The van der Waals surface area contributed by atoms with Gasteiger partial charge >= 0.3 is 0 Å². The van der Waals surface area contributed by atoms with E-state index < -0.39 is 0 Å². The maximum atomic E-state index is 6.20. The number of nitrogens with one attached hydrogen (secondary N) is 1. The van der Waals surface area contributed by atoms with Crippen molar-refractivity contribution in [2.75, 3.05) is 18.4 Å². The van der Waals surface area contributed by atoms with Crippen LogP contribution in [0.1, 0.15) is 25.3 Å². The van der Waals surface area contributed by atoms with E-state index in [1.807, 2.05) is 24.3 Å². The van der Waals surface area contributed by atoms with Gasteiger partial charge in [-0.05, 0) is 43.6 Å². The molecule has 1 saturated heterocycles. The highest BCUT2D eigenvalue weighted by Gasteiger charge is 2.21. The highest BCUT2D eigenvalue weighted by Crippen LogP contribution is 2.17. The number of hydrogen-bond donors (Lipinski definition) is 2. The zero-order chi connectivity index (χ0) is 18.5. The first-order valence-electron chi connectivity index (χ1n) is 8.50. The van der Waals surface area contributed by atoms with E-state index in [0.717, 1.165) is 36.5 Å². The monoisotopic (exact) mass is 391 g/mol. The van der Waals surface area contributed by atoms with Gasteiger partial charge in [-0.2, -0.15) is 0 Å². The zero-order valence-electron chi connectivity index (χ0n) is 14.6. The van der Waals surface area contributed by atoms with Crippen molar-refractivity contribution in [3.63, 3.8) is 0 Å². The van der Waals surface area contributed by atoms with Gasteiger partial charge in [0.05, 0.1) is 12.4 Å². The second-order valence-electron chi connectivity index (χ2n) is 6.30. The number of rotatable bonds is 4. The van der Waals surface area contributed by atoms with Crippen molar-refractivity contribution < 1.29 is 0 Å². The van der Waals surface area contributed by atoms with E-state index in [1.54, 1.807) is 17.9 Å². The summed E-state index contributed by atoms with van der Waals surface area (Å²) in [5.41, 5.74) is 6.61. The second-order valence-corrected chi connectivity index (χ2v) is 7.07. The Morgan fingerprint density at radius 3 is 2.81 bits per heavy atom. The van der Waals surface area contributed by atoms with Crippen molar-refractivity contribution >= 4 is 40.7 Å². The molecule has 0 radical (unpaired) electrons. The molecule has 138 valence electrons. The normalized spacial score (nSPS) is 15.9. The highest BCUT2D eigenvalue weighted by atomic mass is 35.5. The molecule has 0 saturated carbocycles. The van der Waals surface area contributed by atoms with Crippen molar-refractivity contribution in [1.29, 1.82) is 0 Å². The molecule has 0 spiro atoms. The first-order valence-corrected chi connectivity index (χ1v) is 9.29. The SMILES string of the molecule is C/C(N)=N/C(=S)N1CCC(Nc2ncn(Cc3ccccc3Cl)n2)CC1. The largest absolute Gasteiger partial charge is 0.387 e. The Labute approximate surface area is 163 Å². The number of likely N-dealkylation sites (tertiary alicyclic amines) is 1. The van der Waals surface area contributed by atoms with Crippen molar-refractivity contribution in [3.8, 4) is 0 Å². The molecule has 1 aliphatic heterocycles. The maximum absolute atomic E-state index is 6.20. The van der Waals surface area contributed by atoms with E-state index in [-0.39, 0.29) is 0 Å². The molecule has 1 aromatic heterocycles. The summed E-state index contributed by atoms with van der Waals surface area (Å²) in [6.07, 6.45) is 3.60. The minimum absolute atomic E-state index is 0.313. The fourth-order valence-electron chi connectivity index (χ4n) is 2.86. The molecule has 0 unspecified atom stereocenters. The summed E-state index contributed by atoms with van der Waals surface area (Å²) in [6.45, 7) is 4.02. The molecule has 3 rings (SSSR count). The highest BCUT2D eigenvalue weighted by molar-refractivity contribution is 7.80. The summed E-state index contributed by atoms with van der Waals surface area (Å²) in [5.74, 6) is 1.12. The molecule has 1 aliphatic rings. The van der Waals surface area contributed by atoms with Crippen LogP contribution >= 0.6 is 23.8 Å². The van der Waals surface area contributed by atoms with Crippen molar-refractivity contribution in [2.45, 2.75) is 32.4 Å². The van der Waals surface area contributed by atoms with Crippen LogP contribution in [0.3, 0.4) is 0 Å². The molecule has 1 aromatic carbocycles. The first-order chi connectivity index (χ1) is 12.5. The quantitative estimate of drug-likeness (QED) is 0.473. The number of benzene rings is 1. The van der Waals surface area contributed by atoms with E-state index in [4.69, 9.17) is 29.6 Å². The summed E-state index contributed by atoms with van der Waals surface area (Å²) in [4.78, 5) is 10.6. The number of piperidine rings is 1. The number of anilines is 1. The van der Waals surface area contributed by atoms with E-state index in [0.29, 0.717) is 29.5 Å². The lowest BCUT2D eigenvalue weighted by Crippen LogP contribution is -2.41. The van der Waals surface area contributed by atoms with Crippen LogP contribution in [0, 0.1) is 0 Å². The zero-order valence-corrected chi connectivity index (χ0v) is 16.2. The Kier molecular flexibility index (Phi) is 6.05. The van der Waals surface area contributed by atoms with Gasteiger partial charge in [-0.15, -0.1) is 5.10 Å². The standard InChI is InChI=1S/C17H22ClN7S/c1-12(19)21-17(26)24-8-6-14(7-9-24)22-16-20-11-25(23-16)10-13-4-2-3-5-15(13)18/h2-5,11,14H,6-10H2,1H3,(H,22,23)(H2,19,21,26). The Hall–Kier alpha value is -2.19. The number of hydrogen-bond acceptors (Lipinski definition) is 4. The number of halogens is 1. The number of thiocarbonyl (C=S) groups is 1. The van der Waals surface area contributed by atoms with E-state index in [1.165, 1.54) is 0 Å². The molecule has 2 aromatic rings. The van der Waals surface area contributed by atoms with Gasteiger partial charge in [-0.25, -0.2) is 14.7 Å². The molecule has 0 amide bonds.